The third-order valence-corrected chi connectivity index (χ3v) is 3.57. The molecule has 3 rings (SSSR count). The quantitative estimate of drug-likeness (QED) is 0.734. The van der Waals surface area contributed by atoms with Crippen LogP contribution in [-0.2, 0) is 13.2 Å². The van der Waals surface area contributed by atoms with Gasteiger partial charge in [-0.1, -0.05) is 11.6 Å². The number of hydrogen-bond acceptors (Lipinski definition) is 3. The average Bonchev–Trinajstić information content (AvgIpc) is 2.72. The van der Waals surface area contributed by atoms with Crippen molar-refractivity contribution in [3.05, 3.63) is 56.0 Å². The second-order valence-corrected chi connectivity index (χ2v) is 5.13. The van der Waals surface area contributed by atoms with E-state index in [9.17, 15) is 22.8 Å². The average molecular weight is 345 g/mol. The molecular formula is C13H8ClF3N4O2. The van der Waals surface area contributed by atoms with E-state index >= 15 is 0 Å². The minimum atomic E-state index is -4.81. The summed E-state index contributed by atoms with van der Waals surface area (Å²) in [4.78, 5) is 25.5. The zero-order valence-corrected chi connectivity index (χ0v) is 12.2. The van der Waals surface area contributed by atoms with E-state index in [1.165, 1.54) is 22.9 Å². The lowest BCUT2D eigenvalue weighted by Crippen LogP contribution is -2.35. The number of nitrogens with zero attached hydrogens (tertiary/aromatic N) is 3. The van der Waals surface area contributed by atoms with Crippen LogP contribution < -0.4 is 11.2 Å². The van der Waals surface area contributed by atoms with Crippen LogP contribution in [0, 0.1) is 0 Å². The second kappa shape index (κ2) is 4.98. The number of aromatic nitrogens is 4. The van der Waals surface area contributed by atoms with Gasteiger partial charge in [-0.3, -0.25) is 9.48 Å². The van der Waals surface area contributed by atoms with Gasteiger partial charge in [-0.05, 0) is 18.2 Å². The highest BCUT2D eigenvalue weighted by atomic mass is 35.5. The molecule has 0 bridgehead atoms. The Morgan fingerprint density at radius 2 is 1.91 bits per heavy atom. The Labute approximate surface area is 130 Å². The van der Waals surface area contributed by atoms with Gasteiger partial charge in [0.25, 0.3) is 5.56 Å². The van der Waals surface area contributed by atoms with Gasteiger partial charge in [-0.15, -0.1) is 0 Å². The molecule has 1 N–H and O–H groups in total. The summed E-state index contributed by atoms with van der Waals surface area (Å²) in [5, 5.41) is 4.81. The van der Waals surface area contributed by atoms with E-state index < -0.39 is 23.1 Å². The fourth-order valence-corrected chi connectivity index (χ4v) is 2.51. The summed E-state index contributed by atoms with van der Waals surface area (Å²) in [5.74, 6) is 0. The lowest BCUT2D eigenvalue weighted by molar-refractivity contribution is -0.141. The van der Waals surface area contributed by atoms with Gasteiger partial charge in [0, 0.05) is 18.5 Å². The summed E-state index contributed by atoms with van der Waals surface area (Å²) in [5.41, 5.74) is -3.03. The van der Waals surface area contributed by atoms with E-state index in [0.717, 1.165) is 0 Å². The Kier molecular flexibility index (Phi) is 3.33. The lowest BCUT2D eigenvalue weighted by atomic mass is 10.2. The largest absolute Gasteiger partial charge is 0.431 e. The van der Waals surface area contributed by atoms with Crippen molar-refractivity contribution in [1.82, 2.24) is 19.3 Å². The van der Waals surface area contributed by atoms with Crippen molar-refractivity contribution in [1.29, 1.82) is 0 Å². The summed E-state index contributed by atoms with van der Waals surface area (Å²) in [6.45, 7) is 0. The van der Waals surface area contributed by atoms with Crippen molar-refractivity contribution in [2.45, 2.75) is 6.18 Å². The van der Waals surface area contributed by atoms with Crippen LogP contribution in [0.3, 0.4) is 0 Å². The molecule has 0 radical (unpaired) electrons. The van der Waals surface area contributed by atoms with Gasteiger partial charge < -0.3 is 4.98 Å². The molecule has 0 aliphatic rings. The molecule has 2 aromatic heterocycles. The van der Waals surface area contributed by atoms with Crippen molar-refractivity contribution < 1.29 is 13.2 Å². The normalized spacial score (nSPS) is 12.0. The van der Waals surface area contributed by atoms with Gasteiger partial charge in [-0.2, -0.15) is 18.3 Å². The monoisotopic (exact) mass is 344 g/mol. The van der Waals surface area contributed by atoms with Gasteiger partial charge in [-0.25, -0.2) is 9.36 Å². The van der Waals surface area contributed by atoms with Gasteiger partial charge in [0.1, 0.15) is 5.69 Å². The Bertz CT molecular complexity index is 1000. The molecule has 2 heterocycles. The van der Waals surface area contributed by atoms with Gasteiger partial charge in [0.05, 0.1) is 11.2 Å². The van der Waals surface area contributed by atoms with E-state index in [4.69, 9.17) is 11.6 Å². The molecule has 0 aliphatic carbocycles. The smallest absolute Gasteiger partial charge is 0.303 e. The van der Waals surface area contributed by atoms with Crippen LogP contribution in [-0.4, -0.2) is 19.3 Å². The third-order valence-electron chi connectivity index (χ3n) is 3.29. The Morgan fingerprint density at radius 1 is 1.22 bits per heavy atom. The van der Waals surface area contributed by atoms with E-state index in [1.54, 1.807) is 12.0 Å². The summed E-state index contributed by atoms with van der Waals surface area (Å²) < 4.78 is 39.8. The highest BCUT2D eigenvalue weighted by molar-refractivity contribution is 6.34. The minimum Gasteiger partial charge on any atom is -0.303 e. The minimum absolute atomic E-state index is 0.108. The number of aromatic amines is 1. The lowest BCUT2D eigenvalue weighted by Gasteiger charge is -2.09. The highest BCUT2D eigenvalue weighted by Crippen LogP contribution is 2.26. The molecule has 0 unspecified atom stereocenters. The molecule has 0 spiro atoms. The maximum absolute atomic E-state index is 12.6. The molecule has 3 aromatic rings. The number of aryl methyl sites for hydroxylation is 1. The van der Waals surface area contributed by atoms with Crippen LogP contribution in [0.4, 0.5) is 13.2 Å². The van der Waals surface area contributed by atoms with Gasteiger partial charge in [0.2, 0.25) is 0 Å². The molecule has 0 atom stereocenters. The topological polar surface area (TPSA) is 72.7 Å². The molecule has 0 saturated heterocycles. The first-order chi connectivity index (χ1) is 10.7. The van der Waals surface area contributed by atoms with E-state index in [0.29, 0.717) is 21.5 Å². The molecular weight excluding hydrogens is 337 g/mol. The molecule has 6 nitrogen and oxygen atoms in total. The zero-order chi connectivity index (χ0) is 16.9. The first kappa shape index (κ1) is 15.3. The molecule has 10 heteroatoms. The van der Waals surface area contributed by atoms with Crippen molar-refractivity contribution in [2.24, 2.45) is 7.05 Å². The molecule has 0 amide bonds. The van der Waals surface area contributed by atoms with Crippen LogP contribution in [0.5, 0.6) is 0 Å². The number of alkyl halides is 3. The van der Waals surface area contributed by atoms with Crippen LogP contribution in [0.2, 0.25) is 5.15 Å². The highest BCUT2D eigenvalue weighted by Gasteiger charge is 2.33. The van der Waals surface area contributed by atoms with Crippen LogP contribution in [0.1, 0.15) is 5.69 Å². The van der Waals surface area contributed by atoms with Crippen molar-refractivity contribution in [2.75, 3.05) is 0 Å². The van der Waals surface area contributed by atoms with Crippen molar-refractivity contribution in [3.63, 3.8) is 0 Å². The van der Waals surface area contributed by atoms with E-state index in [-0.39, 0.29) is 10.8 Å². The summed E-state index contributed by atoms with van der Waals surface area (Å²) in [6.07, 6.45) is -4.81. The molecule has 0 fully saturated rings. The first-order valence-corrected chi connectivity index (χ1v) is 6.62. The number of halogens is 4. The molecule has 0 saturated carbocycles. The molecule has 120 valence electrons. The third kappa shape index (κ3) is 2.52. The van der Waals surface area contributed by atoms with Gasteiger partial charge in [0.15, 0.2) is 5.15 Å². The summed E-state index contributed by atoms with van der Waals surface area (Å²) in [7, 11) is 1.61. The second-order valence-electron chi connectivity index (χ2n) is 4.78. The van der Waals surface area contributed by atoms with Crippen LogP contribution in [0.15, 0.2) is 33.9 Å². The van der Waals surface area contributed by atoms with Gasteiger partial charge >= 0.3 is 11.9 Å². The maximum atomic E-state index is 12.6. The Morgan fingerprint density at radius 3 is 2.52 bits per heavy atom. The number of H-pyrrole nitrogens is 1. The molecule has 0 aliphatic heterocycles. The maximum Gasteiger partial charge on any atom is 0.431 e. The number of nitrogens with one attached hydrogen (secondary N) is 1. The number of fused-ring (bicyclic) bond motifs is 1. The Hall–Kier alpha value is -2.55. The number of rotatable bonds is 1. The molecule has 23 heavy (non-hydrogen) atoms. The zero-order valence-electron chi connectivity index (χ0n) is 11.5. The molecule has 1 aromatic carbocycles. The Balaban J connectivity index is 2.25. The van der Waals surface area contributed by atoms with Crippen molar-refractivity contribution in [3.8, 4) is 5.69 Å². The predicted octanol–water partition coefficient (Wildman–Crippen LogP) is 2.08. The van der Waals surface area contributed by atoms with Crippen molar-refractivity contribution >= 4 is 22.5 Å². The van der Waals surface area contributed by atoms with Crippen LogP contribution in [0.25, 0.3) is 16.6 Å². The fraction of sp³-hybridized carbons (Fsp3) is 0.154. The van der Waals surface area contributed by atoms with E-state index in [1.807, 2.05) is 0 Å². The summed E-state index contributed by atoms with van der Waals surface area (Å²) in [6, 6.07) is 4.71. The SMILES string of the molecule is Cn1nc(Cl)c2ccc(-n3c(=O)cc(C(F)(F)F)[nH]c3=O)cc21. The van der Waals surface area contributed by atoms with Crippen LogP contribution >= 0.6 is 11.6 Å². The van der Waals surface area contributed by atoms with E-state index in [2.05, 4.69) is 5.10 Å². The first-order valence-electron chi connectivity index (χ1n) is 6.24. The summed E-state index contributed by atoms with van der Waals surface area (Å²) >= 11 is 5.92. The predicted molar refractivity (Wildman–Crippen MR) is 76.9 cm³/mol. The number of hydrogen-bond donors (Lipinski definition) is 1. The number of benzene rings is 1. The fourth-order valence-electron chi connectivity index (χ4n) is 2.23. The standard InChI is InChI=1S/C13H8ClF3N4O2/c1-20-8-4-6(2-3-7(8)11(14)19-20)21-10(22)5-9(13(15,16)17)18-12(21)23/h2-5H,1H3,(H,18,23).